The highest BCUT2D eigenvalue weighted by Crippen LogP contribution is 2.27. The molecule has 0 aromatic heterocycles. The van der Waals surface area contributed by atoms with E-state index in [1.165, 1.54) is 12.8 Å². The van der Waals surface area contributed by atoms with Crippen molar-refractivity contribution >= 4 is 0 Å². The summed E-state index contributed by atoms with van der Waals surface area (Å²) in [5, 5.41) is 20.4. The van der Waals surface area contributed by atoms with Crippen molar-refractivity contribution in [2.75, 3.05) is 19.8 Å². The Kier molecular flexibility index (Phi) is 3.12. The number of hydrogen-bond acceptors (Lipinski definition) is 3. The molecule has 3 heteroatoms. The molecule has 1 fully saturated rings. The van der Waals surface area contributed by atoms with Gasteiger partial charge in [-0.3, -0.25) is 0 Å². The molecule has 0 bridgehead atoms. The summed E-state index contributed by atoms with van der Waals surface area (Å²) in [4.78, 5) is 0. The van der Waals surface area contributed by atoms with Crippen LogP contribution in [-0.4, -0.2) is 36.0 Å². The standard InChI is InChI=1S/C7H15NO2/c9-4-7(5-10)8-3-6-1-2-6/h6-10H,1-5H2. The Labute approximate surface area is 61.1 Å². The molecule has 60 valence electrons. The maximum atomic E-state index is 8.64. The first-order valence-corrected chi connectivity index (χ1v) is 3.82. The van der Waals surface area contributed by atoms with Crippen molar-refractivity contribution in [3.05, 3.63) is 0 Å². The average Bonchev–Trinajstić information content (AvgIpc) is 2.74. The van der Waals surface area contributed by atoms with E-state index in [2.05, 4.69) is 5.32 Å². The molecule has 0 amide bonds. The van der Waals surface area contributed by atoms with Crippen molar-refractivity contribution in [2.45, 2.75) is 18.9 Å². The van der Waals surface area contributed by atoms with E-state index in [0.29, 0.717) is 0 Å². The molecule has 3 N–H and O–H groups in total. The maximum Gasteiger partial charge on any atom is 0.0607 e. The molecule has 1 rings (SSSR count). The molecule has 0 saturated heterocycles. The Hall–Kier alpha value is -0.120. The third kappa shape index (κ3) is 2.64. The third-order valence-corrected chi connectivity index (χ3v) is 1.83. The van der Waals surface area contributed by atoms with Crippen LogP contribution in [0.1, 0.15) is 12.8 Å². The number of nitrogens with one attached hydrogen (secondary N) is 1. The van der Waals surface area contributed by atoms with E-state index in [4.69, 9.17) is 10.2 Å². The van der Waals surface area contributed by atoms with E-state index in [0.717, 1.165) is 12.5 Å². The molecule has 0 radical (unpaired) electrons. The summed E-state index contributed by atoms with van der Waals surface area (Å²) in [6.45, 7) is 1.01. The van der Waals surface area contributed by atoms with Crippen LogP contribution in [-0.2, 0) is 0 Å². The van der Waals surface area contributed by atoms with E-state index in [-0.39, 0.29) is 19.3 Å². The molecule has 0 atom stereocenters. The molecule has 0 heterocycles. The minimum absolute atomic E-state index is 0.0310. The minimum Gasteiger partial charge on any atom is -0.395 e. The second-order valence-corrected chi connectivity index (χ2v) is 2.91. The fourth-order valence-electron chi connectivity index (χ4n) is 0.842. The van der Waals surface area contributed by atoms with Gasteiger partial charge >= 0.3 is 0 Å². The summed E-state index contributed by atoms with van der Waals surface area (Å²) in [5.41, 5.74) is 0. The second-order valence-electron chi connectivity index (χ2n) is 2.91. The maximum absolute atomic E-state index is 8.64. The number of hydrogen-bond donors (Lipinski definition) is 3. The summed E-state index contributed by atoms with van der Waals surface area (Å²) in [7, 11) is 0. The highest BCUT2D eigenvalue weighted by atomic mass is 16.3. The molecular weight excluding hydrogens is 130 g/mol. The lowest BCUT2D eigenvalue weighted by atomic mass is 10.3. The van der Waals surface area contributed by atoms with Gasteiger partial charge in [0.2, 0.25) is 0 Å². The van der Waals surface area contributed by atoms with Crippen LogP contribution in [0.4, 0.5) is 0 Å². The summed E-state index contributed by atoms with van der Waals surface area (Å²) in [5.74, 6) is 0.806. The zero-order chi connectivity index (χ0) is 7.40. The number of aliphatic hydroxyl groups excluding tert-OH is 2. The predicted molar refractivity (Wildman–Crippen MR) is 38.7 cm³/mol. The molecule has 0 aromatic carbocycles. The fourth-order valence-corrected chi connectivity index (χ4v) is 0.842. The molecule has 3 nitrogen and oxygen atoms in total. The van der Waals surface area contributed by atoms with Gasteiger partial charge in [-0.25, -0.2) is 0 Å². The number of aliphatic hydroxyl groups is 2. The van der Waals surface area contributed by atoms with Gasteiger partial charge in [-0.15, -0.1) is 0 Å². The first-order valence-electron chi connectivity index (χ1n) is 3.82. The zero-order valence-corrected chi connectivity index (χ0v) is 6.08. The van der Waals surface area contributed by atoms with Crippen LogP contribution in [0.5, 0.6) is 0 Å². The van der Waals surface area contributed by atoms with Gasteiger partial charge in [0.15, 0.2) is 0 Å². The van der Waals surface area contributed by atoms with E-state index < -0.39 is 0 Å². The largest absolute Gasteiger partial charge is 0.395 e. The van der Waals surface area contributed by atoms with Gasteiger partial charge in [-0.05, 0) is 25.3 Å². The predicted octanol–water partition coefficient (Wildman–Crippen LogP) is -0.661. The van der Waals surface area contributed by atoms with Crippen LogP contribution >= 0.6 is 0 Å². The number of rotatable bonds is 5. The molecule has 0 unspecified atom stereocenters. The van der Waals surface area contributed by atoms with Crippen LogP contribution in [0.25, 0.3) is 0 Å². The van der Waals surface area contributed by atoms with Crippen molar-refractivity contribution < 1.29 is 10.2 Å². The monoisotopic (exact) mass is 145 g/mol. The van der Waals surface area contributed by atoms with Crippen molar-refractivity contribution in [1.82, 2.24) is 5.32 Å². The van der Waals surface area contributed by atoms with Crippen molar-refractivity contribution in [3.8, 4) is 0 Å². The van der Waals surface area contributed by atoms with Crippen LogP contribution in [0.2, 0.25) is 0 Å². The van der Waals surface area contributed by atoms with Crippen LogP contribution in [0.3, 0.4) is 0 Å². The van der Waals surface area contributed by atoms with Crippen LogP contribution in [0.15, 0.2) is 0 Å². The Balaban J connectivity index is 1.97. The van der Waals surface area contributed by atoms with Gasteiger partial charge in [-0.2, -0.15) is 0 Å². The topological polar surface area (TPSA) is 52.5 Å². The summed E-state index contributed by atoms with van der Waals surface area (Å²) < 4.78 is 0. The van der Waals surface area contributed by atoms with Crippen molar-refractivity contribution in [3.63, 3.8) is 0 Å². The van der Waals surface area contributed by atoms with Crippen LogP contribution < -0.4 is 5.32 Å². The highest BCUT2D eigenvalue weighted by Gasteiger charge is 2.21. The highest BCUT2D eigenvalue weighted by molar-refractivity contribution is 4.77. The summed E-state index contributed by atoms with van der Waals surface area (Å²) >= 11 is 0. The normalized spacial score (nSPS) is 18.3. The Morgan fingerprint density at radius 2 is 1.90 bits per heavy atom. The van der Waals surface area contributed by atoms with E-state index >= 15 is 0 Å². The van der Waals surface area contributed by atoms with Gasteiger partial charge in [0.05, 0.1) is 19.3 Å². The van der Waals surface area contributed by atoms with Crippen molar-refractivity contribution in [2.24, 2.45) is 5.92 Å². The molecule has 1 aliphatic rings. The average molecular weight is 145 g/mol. The SMILES string of the molecule is OCC(CO)NCC1CC1. The van der Waals surface area contributed by atoms with Gasteiger partial charge in [0, 0.05) is 0 Å². The molecule has 1 saturated carbocycles. The van der Waals surface area contributed by atoms with Gasteiger partial charge in [-0.1, -0.05) is 0 Å². The smallest absolute Gasteiger partial charge is 0.0607 e. The Bertz CT molecular complexity index is 89.6. The molecule has 10 heavy (non-hydrogen) atoms. The molecule has 0 aromatic rings. The van der Waals surface area contributed by atoms with E-state index in [1.807, 2.05) is 0 Å². The van der Waals surface area contributed by atoms with E-state index in [9.17, 15) is 0 Å². The minimum atomic E-state index is -0.111. The summed E-state index contributed by atoms with van der Waals surface area (Å²) in [6, 6.07) is -0.111. The fraction of sp³-hybridized carbons (Fsp3) is 1.00. The zero-order valence-electron chi connectivity index (χ0n) is 6.08. The Morgan fingerprint density at radius 1 is 1.30 bits per heavy atom. The van der Waals surface area contributed by atoms with Gasteiger partial charge < -0.3 is 15.5 Å². The lowest BCUT2D eigenvalue weighted by molar-refractivity contribution is 0.170. The molecular formula is C7H15NO2. The first-order chi connectivity index (χ1) is 4.86. The van der Waals surface area contributed by atoms with Crippen LogP contribution in [0, 0.1) is 5.92 Å². The van der Waals surface area contributed by atoms with Gasteiger partial charge in [0.1, 0.15) is 0 Å². The molecule has 0 aliphatic heterocycles. The third-order valence-electron chi connectivity index (χ3n) is 1.83. The lowest BCUT2D eigenvalue weighted by Crippen LogP contribution is -2.36. The van der Waals surface area contributed by atoms with Crippen molar-refractivity contribution in [1.29, 1.82) is 0 Å². The Morgan fingerprint density at radius 3 is 2.30 bits per heavy atom. The second kappa shape index (κ2) is 3.91. The summed E-state index contributed by atoms with van der Waals surface area (Å²) in [6.07, 6.45) is 2.60. The molecule has 1 aliphatic carbocycles. The quantitative estimate of drug-likeness (QED) is 0.481. The first kappa shape index (κ1) is 7.98. The molecule has 0 spiro atoms. The van der Waals surface area contributed by atoms with E-state index in [1.54, 1.807) is 0 Å². The lowest BCUT2D eigenvalue weighted by Gasteiger charge is -2.11. The van der Waals surface area contributed by atoms with Gasteiger partial charge in [0.25, 0.3) is 0 Å².